The number of nitrogens with zero attached hydrogens (tertiary/aromatic N) is 5. The Morgan fingerprint density at radius 1 is 0.810 bits per heavy atom. The molecule has 0 bridgehead atoms. The summed E-state index contributed by atoms with van der Waals surface area (Å²) in [5.74, 6) is 1.25. The fourth-order valence-electron chi connectivity index (χ4n) is 2.24. The highest BCUT2D eigenvalue weighted by Gasteiger charge is 2.10. The third-order valence-electron chi connectivity index (χ3n) is 3.23. The molecule has 21 heavy (non-hydrogen) atoms. The van der Waals surface area contributed by atoms with Crippen LogP contribution in [0.15, 0.2) is 67.1 Å². The van der Waals surface area contributed by atoms with Crippen molar-refractivity contribution in [1.82, 2.24) is 24.6 Å². The lowest BCUT2D eigenvalue weighted by Gasteiger charge is -2.02. The van der Waals surface area contributed by atoms with E-state index < -0.39 is 0 Å². The fraction of sp³-hybridized carbons (Fsp3) is 0. The van der Waals surface area contributed by atoms with Crippen LogP contribution in [0.5, 0.6) is 0 Å². The molecule has 100 valence electrons. The first-order valence-electron chi connectivity index (χ1n) is 6.59. The predicted octanol–water partition coefficient (Wildman–Crippen LogP) is 2.85. The Labute approximate surface area is 121 Å². The molecule has 3 aromatic heterocycles. The van der Waals surface area contributed by atoms with Crippen molar-refractivity contribution in [3.63, 3.8) is 0 Å². The lowest BCUT2D eigenvalue weighted by Crippen LogP contribution is -1.96. The van der Waals surface area contributed by atoms with Crippen molar-refractivity contribution >= 4 is 5.78 Å². The van der Waals surface area contributed by atoms with Crippen LogP contribution < -0.4 is 0 Å². The van der Waals surface area contributed by atoms with E-state index in [1.807, 2.05) is 48.5 Å². The molecule has 0 aliphatic rings. The molecule has 0 saturated carbocycles. The number of hydrogen-bond acceptors (Lipinski definition) is 4. The van der Waals surface area contributed by atoms with Gasteiger partial charge >= 0.3 is 0 Å². The van der Waals surface area contributed by atoms with E-state index in [9.17, 15) is 0 Å². The molecule has 0 unspecified atom stereocenters. The molecule has 0 spiro atoms. The van der Waals surface area contributed by atoms with Crippen LogP contribution in [-0.4, -0.2) is 24.6 Å². The summed E-state index contributed by atoms with van der Waals surface area (Å²) < 4.78 is 1.75. The van der Waals surface area contributed by atoms with Gasteiger partial charge in [-0.25, -0.2) is 4.98 Å². The Balaban J connectivity index is 1.93. The SMILES string of the molecule is c1ccc(-c2nc3nccc(-c4cccnc4)n3n2)cc1. The summed E-state index contributed by atoms with van der Waals surface area (Å²) in [6.07, 6.45) is 5.29. The smallest absolute Gasteiger partial charge is 0.253 e. The maximum absolute atomic E-state index is 4.57. The van der Waals surface area contributed by atoms with Crippen LogP contribution in [0.2, 0.25) is 0 Å². The van der Waals surface area contributed by atoms with Crippen LogP contribution in [0.4, 0.5) is 0 Å². The third-order valence-corrected chi connectivity index (χ3v) is 3.23. The van der Waals surface area contributed by atoms with Crippen molar-refractivity contribution in [2.24, 2.45) is 0 Å². The zero-order valence-electron chi connectivity index (χ0n) is 11.1. The van der Waals surface area contributed by atoms with Gasteiger partial charge in [0.05, 0.1) is 5.69 Å². The van der Waals surface area contributed by atoms with E-state index in [0.717, 1.165) is 16.8 Å². The van der Waals surface area contributed by atoms with Crippen LogP contribution in [0, 0.1) is 0 Å². The molecule has 0 aliphatic carbocycles. The molecular formula is C16H11N5. The van der Waals surface area contributed by atoms with Gasteiger partial charge in [-0.05, 0) is 18.2 Å². The van der Waals surface area contributed by atoms with Gasteiger partial charge in [0, 0.05) is 29.7 Å². The number of pyridine rings is 1. The van der Waals surface area contributed by atoms with E-state index in [2.05, 4.69) is 20.1 Å². The van der Waals surface area contributed by atoms with Crippen LogP contribution in [-0.2, 0) is 0 Å². The van der Waals surface area contributed by atoms with E-state index in [1.165, 1.54) is 0 Å². The third kappa shape index (κ3) is 2.04. The summed E-state index contributed by atoms with van der Waals surface area (Å²) in [6.45, 7) is 0. The molecule has 0 fully saturated rings. The molecule has 5 heteroatoms. The molecule has 0 amide bonds. The minimum Gasteiger partial charge on any atom is -0.264 e. The Morgan fingerprint density at radius 2 is 1.67 bits per heavy atom. The Kier molecular flexibility index (Phi) is 2.67. The summed E-state index contributed by atoms with van der Waals surface area (Å²) in [7, 11) is 0. The first-order chi connectivity index (χ1) is 10.4. The highest BCUT2D eigenvalue weighted by Crippen LogP contribution is 2.20. The molecule has 0 saturated heterocycles. The van der Waals surface area contributed by atoms with Crippen LogP contribution >= 0.6 is 0 Å². The molecule has 4 rings (SSSR count). The van der Waals surface area contributed by atoms with Crippen molar-refractivity contribution in [1.29, 1.82) is 0 Å². The van der Waals surface area contributed by atoms with Gasteiger partial charge in [0.2, 0.25) is 0 Å². The topological polar surface area (TPSA) is 56.0 Å². The maximum Gasteiger partial charge on any atom is 0.253 e. The molecule has 0 atom stereocenters. The summed E-state index contributed by atoms with van der Waals surface area (Å²) in [6, 6.07) is 15.7. The van der Waals surface area contributed by atoms with Crippen molar-refractivity contribution in [2.75, 3.05) is 0 Å². The van der Waals surface area contributed by atoms with E-state index in [-0.39, 0.29) is 0 Å². The van der Waals surface area contributed by atoms with Crippen LogP contribution in [0.1, 0.15) is 0 Å². The first kappa shape index (κ1) is 11.7. The number of rotatable bonds is 2. The number of benzene rings is 1. The lowest BCUT2D eigenvalue weighted by molar-refractivity contribution is 0.950. The van der Waals surface area contributed by atoms with Gasteiger partial charge in [-0.15, -0.1) is 5.10 Å². The Morgan fingerprint density at radius 3 is 2.48 bits per heavy atom. The van der Waals surface area contributed by atoms with E-state index in [0.29, 0.717) is 11.6 Å². The van der Waals surface area contributed by atoms with Crippen molar-refractivity contribution in [3.05, 3.63) is 67.1 Å². The van der Waals surface area contributed by atoms with Crippen LogP contribution in [0.25, 0.3) is 28.4 Å². The summed E-state index contributed by atoms with van der Waals surface area (Å²) >= 11 is 0. The molecule has 4 aromatic rings. The van der Waals surface area contributed by atoms with E-state index >= 15 is 0 Å². The van der Waals surface area contributed by atoms with Crippen molar-refractivity contribution < 1.29 is 0 Å². The average Bonchev–Trinajstić information content (AvgIpc) is 3.00. The summed E-state index contributed by atoms with van der Waals surface area (Å²) in [4.78, 5) is 12.9. The van der Waals surface area contributed by atoms with Gasteiger partial charge in [0.15, 0.2) is 5.82 Å². The normalized spacial score (nSPS) is 10.9. The van der Waals surface area contributed by atoms with Gasteiger partial charge in [0.25, 0.3) is 5.78 Å². The molecule has 1 aromatic carbocycles. The number of aromatic nitrogens is 5. The fourth-order valence-corrected chi connectivity index (χ4v) is 2.24. The molecule has 0 N–H and O–H groups in total. The summed E-state index contributed by atoms with van der Waals surface area (Å²) in [5.41, 5.74) is 2.87. The monoisotopic (exact) mass is 273 g/mol. The molecule has 0 radical (unpaired) electrons. The average molecular weight is 273 g/mol. The predicted molar refractivity (Wildman–Crippen MR) is 79.4 cm³/mol. The number of fused-ring (bicyclic) bond motifs is 1. The molecule has 5 nitrogen and oxygen atoms in total. The Hall–Kier alpha value is -3.08. The van der Waals surface area contributed by atoms with E-state index in [4.69, 9.17) is 0 Å². The second kappa shape index (κ2) is 4.79. The van der Waals surface area contributed by atoms with Gasteiger partial charge in [-0.3, -0.25) is 4.98 Å². The lowest BCUT2D eigenvalue weighted by atomic mass is 10.2. The largest absolute Gasteiger partial charge is 0.264 e. The Bertz CT molecular complexity index is 884. The first-order valence-corrected chi connectivity index (χ1v) is 6.59. The van der Waals surface area contributed by atoms with Gasteiger partial charge in [0.1, 0.15) is 0 Å². The molecule has 3 heterocycles. The van der Waals surface area contributed by atoms with Crippen molar-refractivity contribution in [3.8, 4) is 22.6 Å². The van der Waals surface area contributed by atoms with Gasteiger partial charge in [-0.2, -0.15) is 9.50 Å². The highest BCUT2D eigenvalue weighted by molar-refractivity contribution is 5.62. The minimum atomic E-state index is 0.579. The van der Waals surface area contributed by atoms with Gasteiger partial charge in [-0.1, -0.05) is 30.3 Å². The zero-order chi connectivity index (χ0) is 14.1. The van der Waals surface area contributed by atoms with Crippen LogP contribution in [0.3, 0.4) is 0 Å². The highest BCUT2D eigenvalue weighted by atomic mass is 15.3. The quantitative estimate of drug-likeness (QED) is 0.563. The van der Waals surface area contributed by atoms with Gasteiger partial charge < -0.3 is 0 Å². The molecule has 0 aliphatic heterocycles. The second-order valence-corrected chi connectivity index (χ2v) is 4.59. The summed E-state index contributed by atoms with van der Waals surface area (Å²) in [5, 5.41) is 4.57. The standard InChI is InChI=1S/C16H11N5/c1-2-5-12(6-3-1)15-19-16-18-10-8-14(21(16)20-15)13-7-4-9-17-11-13/h1-11H. The minimum absolute atomic E-state index is 0.579. The van der Waals surface area contributed by atoms with E-state index in [1.54, 1.807) is 23.1 Å². The number of hydrogen-bond donors (Lipinski definition) is 0. The zero-order valence-corrected chi connectivity index (χ0v) is 11.1. The van der Waals surface area contributed by atoms with Crippen molar-refractivity contribution in [2.45, 2.75) is 0 Å². The maximum atomic E-state index is 4.57. The second-order valence-electron chi connectivity index (χ2n) is 4.59. The molecular weight excluding hydrogens is 262 g/mol.